The molecule has 1 heterocycles. The summed E-state index contributed by atoms with van der Waals surface area (Å²) in [5.74, 6) is 0. The van der Waals surface area contributed by atoms with E-state index in [-0.39, 0.29) is 5.57 Å². The van der Waals surface area contributed by atoms with E-state index in [1.807, 2.05) is 59.0 Å². The molecule has 0 saturated carbocycles. The van der Waals surface area contributed by atoms with E-state index in [4.69, 9.17) is 10.5 Å². The van der Waals surface area contributed by atoms with Crippen LogP contribution in [0.3, 0.4) is 0 Å². The van der Waals surface area contributed by atoms with Gasteiger partial charge in [-0.05, 0) is 11.0 Å². The average Bonchev–Trinajstić information content (AvgIpc) is 2.81. The monoisotopic (exact) mass is 239 g/mol. The van der Waals surface area contributed by atoms with E-state index < -0.39 is 0 Å². The molecule has 4 heteroatoms. The standard InChI is InChI=1S/C13H9N3S/c14-8-12(9-15)13-16(6-7-17-13)10-11-4-2-1-3-5-11/h1-7H,10H2. The Kier molecular flexibility index (Phi) is 3.49. The Balaban J connectivity index is 2.23. The van der Waals surface area contributed by atoms with Crippen molar-refractivity contribution in [2.45, 2.75) is 6.54 Å². The highest BCUT2D eigenvalue weighted by Crippen LogP contribution is 2.32. The number of allylic oxidation sites excluding steroid dienone is 1. The van der Waals surface area contributed by atoms with E-state index in [1.54, 1.807) is 0 Å². The molecule has 3 nitrogen and oxygen atoms in total. The highest BCUT2D eigenvalue weighted by Gasteiger charge is 2.17. The molecule has 0 aromatic heterocycles. The molecule has 1 aliphatic heterocycles. The van der Waals surface area contributed by atoms with E-state index in [0.717, 1.165) is 5.56 Å². The van der Waals surface area contributed by atoms with Crippen LogP contribution < -0.4 is 0 Å². The van der Waals surface area contributed by atoms with Crippen molar-refractivity contribution in [3.05, 3.63) is 58.1 Å². The van der Waals surface area contributed by atoms with Gasteiger partial charge in [0.2, 0.25) is 0 Å². The van der Waals surface area contributed by atoms with Crippen LogP contribution in [-0.2, 0) is 6.54 Å². The maximum Gasteiger partial charge on any atom is 0.160 e. The predicted octanol–water partition coefficient (Wildman–Crippen LogP) is 2.97. The highest BCUT2D eigenvalue weighted by atomic mass is 32.2. The second-order valence-electron chi connectivity index (χ2n) is 3.42. The van der Waals surface area contributed by atoms with Gasteiger partial charge in [0.25, 0.3) is 0 Å². The molecule has 17 heavy (non-hydrogen) atoms. The third-order valence-electron chi connectivity index (χ3n) is 2.31. The van der Waals surface area contributed by atoms with Crippen molar-refractivity contribution >= 4 is 11.8 Å². The summed E-state index contributed by atoms with van der Waals surface area (Å²) in [4.78, 5) is 1.92. The lowest BCUT2D eigenvalue weighted by molar-refractivity contribution is 0.494. The number of rotatable bonds is 2. The van der Waals surface area contributed by atoms with E-state index in [0.29, 0.717) is 11.6 Å². The van der Waals surface area contributed by atoms with Gasteiger partial charge in [0.05, 0.1) is 0 Å². The number of hydrogen-bond donors (Lipinski definition) is 0. The molecule has 1 aromatic rings. The summed E-state index contributed by atoms with van der Waals surface area (Å²) in [5.41, 5.74) is 1.31. The topological polar surface area (TPSA) is 50.8 Å². The predicted molar refractivity (Wildman–Crippen MR) is 67.0 cm³/mol. The molecule has 0 unspecified atom stereocenters. The number of thioether (sulfide) groups is 1. The van der Waals surface area contributed by atoms with Gasteiger partial charge in [-0.3, -0.25) is 0 Å². The van der Waals surface area contributed by atoms with Crippen LogP contribution in [0.15, 0.2) is 52.5 Å². The van der Waals surface area contributed by atoms with Gasteiger partial charge in [0.15, 0.2) is 5.57 Å². The Bertz CT molecular complexity index is 530. The van der Waals surface area contributed by atoms with Crippen molar-refractivity contribution in [1.82, 2.24) is 4.90 Å². The zero-order chi connectivity index (χ0) is 12.1. The fourth-order valence-electron chi connectivity index (χ4n) is 1.53. The first-order valence-electron chi connectivity index (χ1n) is 5.03. The van der Waals surface area contributed by atoms with Crippen LogP contribution in [0, 0.1) is 22.7 Å². The van der Waals surface area contributed by atoms with Crippen molar-refractivity contribution < 1.29 is 0 Å². The zero-order valence-corrected chi connectivity index (χ0v) is 9.81. The van der Waals surface area contributed by atoms with Gasteiger partial charge in [0.1, 0.15) is 17.2 Å². The van der Waals surface area contributed by atoms with Crippen molar-refractivity contribution in [2.24, 2.45) is 0 Å². The van der Waals surface area contributed by atoms with Gasteiger partial charge < -0.3 is 4.90 Å². The van der Waals surface area contributed by atoms with Crippen LogP contribution in [0.2, 0.25) is 0 Å². The van der Waals surface area contributed by atoms with Crippen LogP contribution in [0.1, 0.15) is 5.56 Å². The molecule has 0 aliphatic carbocycles. The lowest BCUT2D eigenvalue weighted by Gasteiger charge is -2.17. The summed E-state index contributed by atoms with van der Waals surface area (Å²) in [6.45, 7) is 0.673. The molecule has 0 amide bonds. The van der Waals surface area contributed by atoms with E-state index in [2.05, 4.69) is 0 Å². The van der Waals surface area contributed by atoms with Crippen LogP contribution >= 0.6 is 11.8 Å². The lowest BCUT2D eigenvalue weighted by atomic mass is 10.2. The van der Waals surface area contributed by atoms with Gasteiger partial charge in [-0.25, -0.2) is 0 Å². The first-order chi connectivity index (χ1) is 8.35. The summed E-state index contributed by atoms with van der Waals surface area (Å²) in [6.07, 6.45) is 1.89. The fraction of sp³-hybridized carbons (Fsp3) is 0.0769. The van der Waals surface area contributed by atoms with Crippen molar-refractivity contribution in [3.8, 4) is 12.1 Å². The van der Waals surface area contributed by atoms with Crippen LogP contribution in [0.25, 0.3) is 0 Å². The van der Waals surface area contributed by atoms with Crippen LogP contribution in [0.5, 0.6) is 0 Å². The highest BCUT2D eigenvalue weighted by molar-refractivity contribution is 8.06. The van der Waals surface area contributed by atoms with Gasteiger partial charge in [-0.15, -0.1) is 0 Å². The minimum atomic E-state index is 0.163. The molecule has 0 N–H and O–H groups in total. The van der Waals surface area contributed by atoms with Gasteiger partial charge in [0, 0.05) is 12.7 Å². The van der Waals surface area contributed by atoms with Gasteiger partial charge in [-0.1, -0.05) is 42.1 Å². The number of hydrogen-bond acceptors (Lipinski definition) is 4. The van der Waals surface area contributed by atoms with Crippen LogP contribution in [0.4, 0.5) is 0 Å². The third kappa shape index (κ3) is 2.50. The first-order valence-corrected chi connectivity index (χ1v) is 5.91. The van der Waals surface area contributed by atoms with Gasteiger partial charge >= 0.3 is 0 Å². The summed E-state index contributed by atoms with van der Waals surface area (Å²) < 4.78 is 0. The Labute approximate surface area is 104 Å². The molecule has 82 valence electrons. The van der Waals surface area contributed by atoms with E-state index in [9.17, 15) is 0 Å². The molecule has 2 rings (SSSR count). The number of benzene rings is 1. The van der Waals surface area contributed by atoms with Crippen molar-refractivity contribution in [3.63, 3.8) is 0 Å². The molecule has 0 radical (unpaired) electrons. The second-order valence-corrected chi connectivity index (χ2v) is 4.31. The zero-order valence-electron chi connectivity index (χ0n) is 9.00. The quantitative estimate of drug-likeness (QED) is 0.744. The van der Waals surface area contributed by atoms with Crippen molar-refractivity contribution in [2.75, 3.05) is 0 Å². The maximum atomic E-state index is 8.87. The molecule has 1 aromatic carbocycles. The smallest absolute Gasteiger partial charge is 0.160 e. The summed E-state index contributed by atoms with van der Waals surface area (Å²) in [7, 11) is 0. The molecule has 0 saturated heterocycles. The first kappa shape index (κ1) is 11.3. The Morgan fingerprint density at radius 3 is 2.53 bits per heavy atom. The van der Waals surface area contributed by atoms with E-state index in [1.165, 1.54) is 11.8 Å². The Hall–Kier alpha value is -2.17. The van der Waals surface area contributed by atoms with Gasteiger partial charge in [-0.2, -0.15) is 10.5 Å². The largest absolute Gasteiger partial charge is 0.336 e. The van der Waals surface area contributed by atoms with Crippen LogP contribution in [-0.4, -0.2) is 4.90 Å². The molecular weight excluding hydrogens is 230 g/mol. The Morgan fingerprint density at radius 2 is 1.88 bits per heavy atom. The SMILES string of the molecule is N#CC(C#N)=C1SC=CN1Cc1ccccc1. The summed E-state index contributed by atoms with van der Waals surface area (Å²) >= 11 is 1.41. The third-order valence-corrected chi connectivity index (χ3v) is 3.23. The second kappa shape index (κ2) is 5.25. The minimum absolute atomic E-state index is 0.163. The molecule has 0 atom stereocenters. The normalized spacial score (nSPS) is 13.3. The Morgan fingerprint density at radius 1 is 1.18 bits per heavy atom. The molecule has 0 bridgehead atoms. The molecule has 0 spiro atoms. The summed E-state index contributed by atoms with van der Waals surface area (Å²) in [6, 6.07) is 13.8. The molecular formula is C13H9N3S. The van der Waals surface area contributed by atoms with E-state index >= 15 is 0 Å². The number of nitriles is 2. The maximum absolute atomic E-state index is 8.87. The average molecular weight is 239 g/mol. The fourth-order valence-corrected chi connectivity index (χ4v) is 2.34. The lowest BCUT2D eigenvalue weighted by Crippen LogP contribution is -2.12. The summed E-state index contributed by atoms with van der Waals surface area (Å²) in [5, 5.41) is 20.3. The van der Waals surface area contributed by atoms with Crippen molar-refractivity contribution in [1.29, 1.82) is 10.5 Å². The number of nitrogens with zero attached hydrogens (tertiary/aromatic N) is 3. The molecule has 1 aliphatic rings. The minimum Gasteiger partial charge on any atom is -0.336 e. The molecule has 0 fully saturated rings.